The second kappa shape index (κ2) is 12.5. The van der Waals surface area contributed by atoms with Crippen LogP contribution < -0.4 is 5.32 Å². The van der Waals surface area contributed by atoms with Crippen molar-refractivity contribution < 1.29 is 14.3 Å². The van der Waals surface area contributed by atoms with E-state index in [1.54, 1.807) is 24.3 Å². The molecule has 5 nitrogen and oxygen atoms in total. The average molecular weight is 348 g/mol. The minimum Gasteiger partial charge on any atom is -0.462 e. The molecule has 0 unspecified atom stereocenters. The Labute approximate surface area is 151 Å². The van der Waals surface area contributed by atoms with Gasteiger partial charge < -0.3 is 15.0 Å². The molecule has 1 aromatic rings. The first-order chi connectivity index (χ1) is 12.1. The third kappa shape index (κ3) is 9.25. The van der Waals surface area contributed by atoms with E-state index in [-0.39, 0.29) is 11.9 Å². The van der Waals surface area contributed by atoms with Crippen molar-refractivity contribution in [2.24, 2.45) is 0 Å². The number of anilines is 1. The highest BCUT2D eigenvalue weighted by Gasteiger charge is 2.08. The number of benzene rings is 1. The van der Waals surface area contributed by atoms with E-state index < -0.39 is 0 Å². The number of nitrogens with zero attached hydrogens (tertiary/aromatic N) is 1. The van der Waals surface area contributed by atoms with Crippen molar-refractivity contribution in [1.82, 2.24) is 4.90 Å². The molecular formula is C20H32N2O3. The number of esters is 1. The summed E-state index contributed by atoms with van der Waals surface area (Å²) in [6.07, 6.45) is 5.68. The normalized spacial score (nSPS) is 10.7. The van der Waals surface area contributed by atoms with Gasteiger partial charge in [-0.15, -0.1) is 0 Å². The highest BCUT2D eigenvalue weighted by Crippen LogP contribution is 2.10. The maximum atomic E-state index is 12.0. The molecule has 0 saturated heterocycles. The molecule has 0 aliphatic heterocycles. The number of amides is 1. The number of carbonyl (C=O) groups excluding carboxylic acids is 2. The van der Waals surface area contributed by atoms with Gasteiger partial charge in [-0.2, -0.15) is 0 Å². The molecule has 1 rings (SSSR count). The Balaban J connectivity index is 2.33. The van der Waals surface area contributed by atoms with E-state index in [9.17, 15) is 9.59 Å². The Morgan fingerprint density at radius 1 is 0.960 bits per heavy atom. The summed E-state index contributed by atoms with van der Waals surface area (Å²) in [5.41, 5.74) is 1.18. The summed E-state index contributed by atoms with van der Waals surface area (Å²) in [5.74, 6) is -0.450. The lowest BCUT2D eigenvalue weighted by Gasteiger charge is -2.21. The van der Waals surface area contributed by atoms with Gasteiger partial charge in [-0.1, -0.05) is 26.7 Å². The second-order valence-corrected chi connectivity index (χ2v) is 6.30. The smallest absolute Gasteiger partial charge is 0.338 e. The standard InChI is InChI=1S/C20H32N2O3/c1-4-6-13-22(14-7-5-2)15-8-16-25-20(24)18-9-11-19(12-10-18)21-17(3)23/h9-12H,4-8,13-16H2,1-3H3,(H,21,23). The Hall–Kier alpha value is -1.88. The van der Waals surface area contributed by atoms with Crippen molar-refractivity contribution in [2.75, 3.05) is 31.6 Å². The average Bonchev–Trinajstić information content (AvgIpc) is 2.60. The van der Waals surface area contributed by atoms with Crippen LogP contribution in [0.15, 0.2) is 24.3 Å². The first-order valence-corrected chi connectivity index (χ1v) is 9.34. The van der Waals surface area contributed by atoms with E-state index in [0.717, 1.165) is 26.1 Å². The van der Waals surface area contributed by atoms with E-state index >= 15 is 0 Å². The van der Waals surface area contributed by atoms with Gasteiger partial charge in [0, 0.05) is 19.2 Å². The summed E-state index contributed by atoms with van der Waals surface area (Å²) < 4.78 is 5.36. The van der Waals surface area contributed by atoms with Gasteiger partial charge in [0.25, 0.3) is 0 Å². The zero-order valence-corrected chi connectivity index (χ0v) is 15.8. The highest BCUT2D eigenvalue weighted by atomic mass is 16.5. The van der Waals surface area contributed by atoms with Crippen molar-refractivity contribution in [3.63, 3.8) is 0 Å². The number of nitrogens with one attached hydrogen (secondary N) is 1. The van der Waals surface area contributed by atoms with Crippen LogP contribution in [0.5, 0.6) is 0 Å². The van der Waals surface area contributed by atoms with Crippen molar-refractivity contribution in [2.45, 2.75) is 52.9 Å². The predicted molar refractivity (Wildman–Crippen MR) is 102 cm³/mol. The Bertz CT molecular complexity index is 506. The molecule has 0 saturated carbocycles. The number of hydrogen-bond acceptors (Lipinski definition) is 4. The third-order valence-corrected chi connectivity index (χ3v) is 3.95. The fraction of sp³-hybridized carbons (Fsp3) is 0.600. The Kier molecular flexibility index (Phi) is 10.6. The molecule has 1 N–H and O–H groups in total. The highest BCUT2D eigenvalue weighted by molar-refractivity contribution is 5.92. The lowest BCUT2D eigenvalue weighted by Crippen LogP contribution is -2.28. The maximum Gasteiger partial charge on any atom is 0.338 e. The molecule has 0 radical (unpaired) electrons. The lowest BCUT2D eigenvalue weighted by atomic mass is 10.2. The second-order valence-electron chi connectivity index (χ2n) is 6.30. The van der Waals surface area contributed by atoms with E-state index in [4.69, 9.17) is 4.74 Å². The summed E-state index contributed by atoms with van der Waals surface area (Å²) in [6.45, 7) is 9.50. The number of rotatable bonds is 12. The van der Waals surface area contributed by atoms with Crippen molar-refractivity contribution in [3.8, 4) is 0 Å². The molecular weight excluding hydrogens is 316 g/mol. The topological polar surface area (TPSA) is 58.6 Å². The summed E-state index contributed by atoms with van der Waals surface area (Å²) >= 11 is 0. The van der Waals surface area contributed by atoms with Gasteiger partial charge in [0.15, 0.2) is 0 Å². The van der Waals surface area contributed by atoms with Crippen LogP contribution in [0.1, 0.15) is 63.2 Å². The molecule has 1 aromatic carbocycles. The fourth-order valence-electron chi connectivity index (χ4n) is 2.53. The van der Waals surface area contributed by atoms with Gasteiger partial charge >= 0.3 is 5.97 Å². The summed E-state index contributed by atoms with van der Waals surface area (Å²) in [4.78, 5) is 25.5. The molecule has 0 bridgehead atoms. The zero-order chi connectivity index (χ0) is 18.5. The molecule has 140 valence electrons. The van der Waals surface area contributed by atoms with E-state index in [1.165, 1.54) is 32.6 Å². The van der Waals surface area contributed by atoms with Crippen LogP contribution in [0, 0.1) is 0 Å². The molecule has 5 heteroatoms. The van der Waals surface area contributed by atoms with Gasteiger partial charge in [-0.05, 0) is 56.6 Å². The summed E-state index contributed by atoms with van der Waals surface area (Å²) in [6, 6.07) is 6.75. The monoisotopic (exact) mass is 348 g/mol. The molecule has 0 heterocycles. The van der Waals surface area contributed by atoms with Crippen molar-refractivity contribution in [3.05, 3.63) is 29.8 Å². The van der Waals surface area contributed by atoms with Crippen molar-refractivity contribution in [1.29, 1.82) is 0 Å². The largest absolute Gasteiger partial charge is 0.462 e. The van der Waals surface area contributed by atoms with Crippen LogP contribution in [0.2, 0.25) is 0 Å². The van der Waals surface area contributed by atoms with Gasteiger partial charge in [0.1, 0.15) is 0 Å². The quantitative estimate of drug-likeness (QED) is 0.456. The van der Waals surface area contributed by atoms with Crippen LogP contribution >= 0.6 is 0 Å². The van der Waals surface area contributed by atoms with Crippen LogP contribution in [0.25, 0.3) is 0 Å². The molecule has 0 atom stereocenters. The number of ether oxygens (including phenoxy) is 1. The minimum absolute atomic E-state index is 0.133. The van der Waals surface area contributed by atoms with Crippen LogP contribution in [0.3, 0.4) is 0 Å². The van der Waals surface area contributed by atoms with Crippen LogP contribution in [-0.4, -0.2) is 43.0 Å². The van der Waals surface area contributed by atoms with Crippen LogP contribution in [0.4, 0.5) is 5.69 Å². The third-order valence-electron chi connectivity index (χ3n) is 3.95. The maximum absolute atomic E-state index is 12.0. The SMILES string of the molecule is CCCCN(CCCC)CCCOC(=O)c1ccc(NC(C)=O)cc1. The summed E-state index contributed by atoms with van der Waals surface area (Å²) in [7, 11) is 0. The van der Waals surface area contributed by atoms with E-state index in [1.807, 2.05) is 0 Å². The van der Waals surface area contributed by atoms with Crippen molar-refractivity contribution >= 4 is 17.6 Å². The van der Waals surface area contributed by atoms with E-state index in [2.05, 4.69) is 24.1 Å². The van der Waals surface area contributed by atoms with Gasteiger partial charge in [-0.3, -0.25) is 4.79 Å². The Morgan fingerprint density at radius 3 is 2.04 bits per heavy atom. The van der Waals surface area contributed by atoms with Gasteiger partial charge in [0.05, 0.1) is 12.2 Å². The molecule has 25 heavy (non-hydrogen) atoms. The van der Waals surface area contributed by atoms with Gasteiger partial charge in [-0.25, -0.2) is 4.79 Å². The first kappa shape index (κ1) is 21.2. The molecule has 0 fully saturated rings. The molecule has 0 aromatic heterocycles. The molecule has 0 aliphatic rings. The summed E-state index contributed by atoms with van der Waals surface area (Å²) in [5, 5.41) is 2.67. The van der Waals surface area contributed by atoms with E-state index in [0.29, 0.717) is 17.9 Å². The molecule has 0 aliphatic carbocycles. The lowest BCUT2D eigenvalue weighted by molar-refractivity contribution is -0.114. The van der Waals surface area contributed by atoms with Gasteiger partial charge in [0.2, 0.25) is 5.91 Å². The predicted octanol–water partition coefficient (Wildman–Crippen LogP) is 4.09. The fourth-order valence-corrected chi connectivity index (χ4v) is 2.53. The van der Waals surface area contributed by atoms with Crippen LogP contribution in [-0.2, 0) is 9.53 Å². The molecule has 0 spiro atoms. The number of carbonyl (C=O) groups is 2. The Morgan fingerprint density at radius 2 is 1.52 bits per heavy atom. The number of hydrogen-bond donors (Lipinski definition) is 1. The molecule has 1 amide bonds. The minimum atomic E-state index is -0.317. The zero-order valence-electron chi connectivity index (χ0n) is 15.8. The number of unbranched alkanes of at least 4 members (excludes halogenated alkanes) is 2. The first-order valence-electron chi connectivity index (χ1n) is 9.34.